The minimum Gasteiger partial charge on any atom is -0.481 e. The van der Waals surface area contributed by atoms with E-state index in [0.717, 1.165) is 10.0 Å². The van der Waals surface area contributed by atoms with Gasteiger partial charge in [0, 0.05) is 17.2 Å². The van der Waals surface area contributed by atoms with Crippen molar-refractivity contribution in [3.05, 3.63) is 57.8 Å². The van der Waals surface area contributed by atoms with E-state index in [1.54, 1.807) is 12.1 Å². The zero-order valence-corrected chi connectivity index (χ0v) is 22.4. The molecule has 1 unspecified atom stereocenters. The van der Waals surface area contributed by atoms with Crippen molar-refractivity contribution < 1.29 is 24.6 Å². The van der Waals surface area contributed by atoms with Gasteiger partial charge in [0.05, 0.1) is 49.1 Å². The first-order valence-electron chi connectivity index (χ1n) is 11.7. The SMILES string of the molecule is CC(C)(C)c1cc(Br)cc([C@H](CC(=O)O)NC(=O)CNC(=O)c2cncc(NC3=NCC(O)CN3)c2)c1. The highest BCUT2D eigenvalue weighted by molar-refractivity contribution is 9.10. The number of carboxylic acids is 1. The average molecular weight is 575 g/mol. The van der Waals surface area contributed by atoms with Crippen molar-refractivity contribution in [2.45, 2.75) is 44.8 Å². The predicted octanol–water partition coefficient (Wildman–Crippen LogP) is 1.94. The minimum absolute atomic E-state index is 0.178. The number of benzene rings is 1. The first-order chi connectivity index (χ1) is 17.4. The highest BCUT2D eigenvalue weighted by Crippen LogP contribution is 2.30. The third kappa shape index (κ3) is 8.53. The van der Waals surface area contributed by atoms with Crippen LogP contribution in [0.4, 0.5) is 5.69 Å². The number of hydrogen-bond acceptors (Lipinski definition) is 8. The van der Waals surface area contributed by atoms with Gasteiger partial charge in [0.25, 0.3) is 5.91 Å². The Labute approximate surface area is 223 Å². The van der Waals surface area contributed by atoms with Crippen LogP contribution in [-0.2, 0) is 15.0 Å². The van der Waals surface area contributed by atoms with Crippen LogP contribution in [0, 0.1) is 0 Å². The van der Waals surface area contributed by atoms with Crippen LogP contribution in [0.15, 0.2) is 46.1 Å². The predicted molar refractivity (Wildman–Crippen MR) is 142 cm³/mol. The molecule has 1 aliphatic heterocycles. The molecule has 198 valence electrons. The summed E-state index contributed by atoms with van der Waals surface area (Å²) in [6, 6.07) is 6.39. The number of β-amino-alcohol motifs (C(OH)–C–C–N with tert-alkyl or cyclic N) is 1. The van der Waals surface area contributed by atoms with Gasteiger partial charge in [0.2, 0.25) is 5.91 Å². The molecule has 0 fully saturated rings. The number of pyridine rings is 1. The quantitative estimate of drug-likeness (QED) is 0.278. The molecule has 1 aromatic heterocycles. The molecule has 2 atom stereocenters. The molecule has 37 heavy (non-hydrogen) atoms. The van der Waals surface area contributed by atoms with Crippen LogP contribution >= 0.6 is 15.9 Å². The maximum Gasteiger partial charge on any atom is 0.305 e. The summed E-state index contributed by atoms with van der Waals surface area (Å²) in [6.07, 6.45) is 2.01. The topological polar surface area (TPSA) is 165 Å². The fourth-order valence-electron chi connectivity index (χ4n) is 3.57. The van der Waals surface area contributed by atoms with E-state index in [2.05, 4.69) is 47.2 Å². The maximum absolute atomic E-state index is 12.7. The molecule has 0 bridgehead atoms. The summed E-state index contributed by atoms with van der Waals surface area (Å²) < 4.78 is 0.777. The second-order valence-electron chi connectivity index (χ2n) is 9.74. The summed E-state index contributed by atoms with van der Waals surface area (Å²) in [5.41, 5.74) is 2.18. The van der Waals surface area contributed by atoms with Gasteiger partial charge in [-0.05, 0) is 34.7 Å². The summed E-state index contributed by atoms with van der Waals surface area (Å²) in [4.78, 5) is 45.0. The van der Waals surface area contributed by atoms with E-state index in [-0.39, 0.29) is 30.5 Å². The molecule has 3 rings (SSSR count). The molecule has 1 aromatic carbocycles. The van der Waals surface area contributed by atoms with Crippen LogP contribution in [-0.4, -0.2) is 64.7 Å². The number of nitrogens with zero attached hydrogens (tertiary/aromatic N) is 2. The number of carbonyl (C=O) groups excluding carboxylic acids is 2. The molecule has 0 saturated heterocycles. The van der Waals surface area contributed by atoms with Crippen molar-refractivity contribution in [1.82, 2.24) is 20.9 Å². The second-order valence-corrected chi connectivity index (χ2v) is 10.7. The summed E-state index contributed by atoms with van der Waals surface area (Å²) in [5, 5.41) is 30.1. The standard InChI is InChI=1S/C25H31BrN6O5/c1-25(2,3)16-4-14(5-17(26)7-16)20(8-22(35)36)32-21(34)13-28-23(37)15-6-18(10-27-9-15)31-24-29-11-19(33)12-30-24/h4-7,9-10,19-20,33H,8,11-13H2,1-3H3,(H,28,37)(H,32,34)(H,35,36)(H2,29,30,31)/t20-/m0/s1. The van der Waals surface area contributed by atoms with Crippen molar-refractivity contribution in [3.63, 3.8) is 0 Å². The third-order valence-electron chi connectivity index (χ3n) is 5.54. The fourth-order valence-corrected chi connectivity index (χ4v) is 4.08. The molecule has 2 heterocycles. The van der Waals surface area contributed by atoms with Crippen LogP contribution in [0.3, 0.4) is 0 Å². The molecule has 2 aromatic rings. The lowest BCUT2D eigenvalue weighted by Crippen LogP contribution is -2.42. The smallest absolute Gasteiger partial charge is 0.305 e. The molecule has 12 heteroatoms. The molecule has 1 aliphatic rings. The van der Waals surface area contributed by atoms with Crippen molar-refractivity contribution in [2.75, 3.05) is 25.0 Å². The van der Waals surface area contributed by atoms with Gasteiger partial charge >= 0.3 is 5.97 Å². The number of carboxylic acid groups (broad SMARTS) is 1. The zero-order chi connectivity index (χ0) is 27.2. The molecule has 6 N–H and O–H groups in total. The fraction of sp³-hybridized carbons (Fsp3) is 0.400. The zero-order valence-electron chi connectivity index (χ0n) is 20.8. The number of aliphatic hydroxyl groups is 1. The first kappa shape index (κ1) is 28.1. The van der Waals surface area contributed by atoms with Crippen molar-refractivity contribution >= 4 is 45.4 Å². The Morgan fingerprint density at radius 1 is 1.19 bits per heavy atom. The van der Waals surface area contributed by atoms with Gasteiger partial charge in [0.1, 0.15) is 0 Å². The van der Waals surface area contributed by atoms with E-state index >= 15 is 0 Å². The monoisotopic (exact) mass is 574 g/mol. The van der Waals surface area contributed by atoms with Crippen molar-refractivity contribution in [3.8, 4) is 0 Å². The summed E-state index contributed by atoms with van der Waals surface area (Å²) in [5.74, 6) is -1.66. The number of aromatic nitrogens is 1. The molecular weight excluding hydrogens is 544 g/mol. The van der Waals surface area contributed by atoms with Gasteiger partial charge in [-0.3, -0.25) is 24.4 Å². The lowest BCUT2D eigenvalue weighted by atomic mass is 9.85. The molecule has 11 nitrogen and oxygen atoms in total. The van der Waals surface area contributed by atoms with Crippen LogP contribution in [0.1, 0.15) is 54.7 Å². The Morgan fingerprint density at radius 2 is 1.95 bits per heavy atom. The number of guanidine groups is 1. The van der Waals surface area contributed by atoms with Crippen molar-refractivity contribution in [1.29, 1.82) is 0 Å². The maximum atomic E-state index is 12.7. The summed E-state index contributed by atoms with van der Waals surface area (Å²) in [7, 11) is 0. The largest absolute Gasteiger partial charge is 0.481 e. The minimum atomic E-state index is -1.06. The van der Waals surface area contributed by atoms with Crippen LogP contribution < -0.4 is 21.3 Å². The van der Waals surface area contributed by atoms with E-state index in [1.165, 1.54) is 12.4 Å². The van der Waals surface area contributed by atoms with Crippen LogP contribution in [0.2, 0.25) is 0 Å². The molecule has 0 radical (unpaired) electrons. The lowest BCUT2D eigenvalue weighted by Gasteiger charge is -2.24. The van der Waals surface area contributed by atoms with Crippen molar-refractivity contribution in [2.24, 2.45) is 4.99 Å². The van der Waals surface area contributed by atoms with Gasteiger partial charge in [-0.15, -0.1) is 0 Å². The number of halogens is 1. The van der Waals surface area contributed by atoms with E-state index < -0.39 is 29.9 Å². The molecular formula is C25H31BrN6O5. The molecule has 2 amide bonds. The second kappa shape index (κ2) is 12.2. The molecule has 0 saturated carbocycles. The Morgan fingerprint density at radius 3 is 2.59 bits per heavy atom. The Kier molecular flexibility index (Phi) is 9.22. The highest BCUT2D eigenvalue weighted by Gasteiger charge is 2.22. The Bertz CT molecular complexity index is 1200. The Hall–Kier alpha value is -3.51. The van der Waals surface area contributed by atoms with Crippen LogP contribution in [0.5, 0.6) is 0 Å². The summed E-state index contributed by atoms with van der Waals surface area (Å²) >= 11 is 3.47. The number of anilines is 1. The van der Waals surface area contributed by atoms with E-state index in [0.29, 0.717) is 23.8 Å². The molecule has 0 aliphatic carbocycles. The van der Waals surface area contributed by atoms with Gasteiger partial charge in [0.15, 0.2) is 5.96 Å². The van der Waals surface area contributed by atoms with Gasteiger partial charge in [-0.1, -0.05) is 42.8 Å². The van der Waals surface area contributed by atoms with E-state index in [4.69, 9.17) is 0 Å². The van der Waals surface area contributed by atoms with E-state index in [9.17, 15) is 24.6 Å². The Balaban J connectivity index is 1.64. The number of amides is 2. The molecule has 0 spiro atoms. The van der Waals surface area contributed by atoms with Crippen LogP contribution in [0.25, 0.3) is 0 Å². The first-order valence-corrected chi connectivity index (χ1v) is 12.5. The summed E-state index contributed by atoms with van der Waals surface area (Å²) in [6.45, 7) is 6.40. The lowest BCUT2D eigenvalue weighted by molar-refractivity contribution is -0.137. The van der Waals surface area contributed by atoms with Gasteiger partial charge in [-0.2, -0.15) is 0 Å². The number of hydrogen-bond donors (Lipinski definition) is 6. The third-order valence-corrected chi connectivity index (χ3v) is 6.00. The number of rotatable bonds is 8. The average Bonchev–Trinajstić information content (AvgIpc) is 2.82. The van der Waals surface area contributed by atoms with E-state index in [1.807, 2.05) is 32.9 Å². The number of aliphatic imine (C=N–C) groups is 1. The number of aliphatic carboxylic acids is 1. The number of aliphatic hydroxyl groups excluding tert-OH is 1. The normalized spacial score (nSPS) is 16.1. The number of carbonyl (C=O) groups is 3. The van der Waals surface area contributed by atoms with Gasteiger partial charge in [-0.25, -0.2) is 0 Å². The van der Waals surface area contributed by atoms with Gasteiger partial charge < -0.3 is 31.5 Å². The highest BCUT2D eigenvalue weighted by atomic mass is 79.9. The number of nitrogens with one attached hydrogen (secondary N) is 4.